The second kappa shape index (κ2) is 29.3. The summed E-state index contributed by atoms with van der Waals surface area (Å²) in [6, 6.07) is 43.9. The molecule has 3 aliphatic rings. The summed E-state index contributed by atoms with van der Waals surface area (Å²) in [5, 5.41) is 5.55. The lowest BCUT2D eigenvalue weighted by atomic mass is 9.79. The van der Waals surface area contributed by atoms with Gasteiger partial charge >= 0.3 is 19.3 Å². The van der Waals surface area contributed by atoms with Crippen molar-refractivity contribution in [2.45, 2.75) is 105 Å². The SMILES string of the molecule is C.C.CC1(C)OB(c2ccc(C(=O)Nc3ccccn3)cc2)OC1(C)C.Nc1nccn2c([C@@H]3CCCN3C(=O)OCc3ccccc3)nc(-c3ccc(C(=O)Nc4ccccn4)cc3)c12.Nc1nccn2c([C@@H]3CCCN3C(=O)OCc3ccccc3)nc(Br)c12. The molecule has 2 atom stereocenters. The first-order valence-electron chi connectivity index (χ1n) is 29.4. The fourth-order valence-electron chi connectivity index (χ4n) is 10.7. The van der Waals surface area contributed by atoms with Gasteiger partial charge in [-0.25, -0.2) is 39.5 Å². The van der Waals surface area contributed by atoms with E-state index in [-0.39, 0.29) is 75.4 Å². The Morgan fingerprint density at radius 1 is 0.565 bits per heavy atom. The molecule has 0 saturated carbocycles. The number of anilines is 4. The number of benzene rings is 4. The highest BCUT2D eigenvalue weighted by Gasteiger charge is 2.51. The number of nitrogens with two attached hydrogens (primary N) is 2. The maximum absolute atomic E-state index is 13.1. The van der Waals surface area contributed by atoms with Gasteiger partial charge in [-0.1, -0.05) is 112 Å². The number of carbonyl (C=O) groups is 4. The molecule has 474 valence electrons. The highest BCUT2D eigenvalue weighted by atomic mass is 79.9. The van der Waals surface area contributed by atoms with Crippen LogP contribution in [0.1, 0.15) is 124 Å². The lowest BCUT2D eigenvalue weighted by molar-refractivity contribution is 0.00578. The summed E-state index contributed by atoms with van der Waals surface area (Å²) in [6.45, 7) is 9.74. The molecule has 0 unspecified atom stereocenters. The number of hydrogen-bond acceptors (Lipinski definition) is 16. The highest BCUT2D eigenvalue weighted by Crippen LogP contribution is 2.39. The Labute approximate surface area is 543 Å². The van der Waals surface area contributed by atoms with Gasteiger partial charge in [0.2, 0.25) is 0 Å². The van der Waals surface area contributed by atoms with Crippen LogP contribution in [0, 0.1) is 0 Å². The molecule has 0 spiro atoms. The molecule has 3 fully saturated rings. The molecular formula is C68H74BBrN14O8. The Kier molecular flexibility index (Phi) is 21.1. The first kappa shape index (κ1) is 66.4. The van der Waals surface area contributed by atoms with Crippen LogP contribution >= 0.6 is 15.9 Å². The minimum atomic E-state index is -0.428. The molecular weight excluding hydrogens is 1230 g/mol. The first-order chi connectivity index (χ1) is 43.5. The van der Waals surface area contributed by atoms with Crippen molar-refractivity contribution in [2.24, 2.45) is 0 Å². The molecule has 3 aliphatic heterocycles. The number of fused-ring (bicyclic) bond motifs is 2. The number of rotatable bonds is 12. The van der Waals surface area contributed by atoms with Crippen molar-refractivity contribution < 1.29 is 38.0 Å². The lowest BCUT2D eigenvalue weighted by Gasteiger charge is -2.32. The molecule has 9 heterocycles. The van der Waals surface area contributed by atoms with Crippen molar-refractivity contribution in [3.8, 4) is 11.3 Å². The molecule has 4 aromatic carbocycles. The third-order valence-electron chi connectivity index (χ3n) is 16.1. The van der Waals surface area contributed by atoms with Crippen molar-refractivity contribution >= 4 is 86.8 Å². The number of amides is 4. The molecule has 6 aromatic heterocycles. The number of likely N-dealkylation sites (tertiary alicyclic amines) is 2. The molecule has 10 aromatic rings. The van der Waals surface area contributed by atoms with E-state index in [0.717, 1.165) is 53.7 Å². The molecule has 0 aliphatic carbocycles. The summed E-state index contributed by atoms with van der Waals surface area (Å²) in [7, 11) is -0.428. The number of ether oxygens (including phenoxy) is 2. The average molecular weight is 1310 g/mol. The van der Waals surface area contributed by atoms with Crippen molar-refractivity contribution in [1.29, 1.82) is 0 Å². The predicted octanol–water partition coefficient (Wildman–Crippen LogP) is 12.6. The number of aromatic nitrogens is 8. The van der Waals surface area contributed by atoms with E-state index in [1.54, 1.807) is 95.4 Å². The summed E-state index contributed by atoms with van der Waals surface area (Å²) in [5.41, 5.74) is 18.1. The maximum Gasteiger partial charge on any atom is 0.494 e. The Morgan fingerprint density at radius 2 is 1.00 bits per heavy atom. The van der Waals surface area contributed by atoms with Gasteiger partial charge in [-0.15, -0.1) is 0 Å². The number of nitrogens with zero attached hydrogens (tertiary/aromatic N) is 10. The van der Waals surface area contributed by atoms with Crippen LogP contribution in [0.4, 0.5) is 32.9 Å². The van der Waals surface area contributed by atoms with Crippen LogP contribution in [0.3, 0.4) is 0 Å². The lowest BCUT2D eigenvalue weighted by Crippen LogP contribution is -2.41. The highest BCUT2D eigenvalue weighted by molar-refractivity contribution is 9.10. The van der Waals surface area contributed by atoms with Gasteiger partial charge in [0.25, 0.3) is 11.8 Å². The number of pyridine rings is 2. The largest absolute Gasteiger partial charge is 0.494 e. The number of carbonyl (C=O) groups excluding carboxylic acids is 4. The topological polar surface area (TPSA) is 274 Å². The molecule has 4 amide bonds. The number of nitrogen functional groups attached to an aromatic ring is 2. The Balaban J connectivity index is 0.000000169. The predicted molar refractivity (Wildman–Crippen MR) is 359 cm³/mol. The van der Waals surface area contributed by atoms with E-state index in [1.807, 2.05) is 134 Å². The molecule has 3 saturated heterocycles. The zero-order valence-electron chi connectivity index (χ0n) is 50.0. The fraction of sp³-hybridized carbons (Fsp3) is 0.265. The minimum Gasteiger partial charge on any atom is -0.445 e. The second-order valence-corrected chi connectivity index (χ2v) is 23.3. The summed E-state index contributed by atoms with van der Waals surface area (Å²) in [4.78, 5) is 80.3. The van der Waals surface area contributed by atoms with Crippen molar-refractivity contribution in [3.05, 3.63) is 221 Å². The summed E-state index contributed by atoms with van der Waals surface area (Å²) < 4.78 is 27.6. The Morgan fingerprint density at radius 3 is 1.47 bits per heavy atom. The molecule has 92 heavy (non-hydrogen) atoms. The summed E-state index contributed by atoms with van der Waals surface area (Å²) in [6.07, 6.45) is 12.7. The third-order valence-corrected chi connectivity index (χ3v) is 16.6. The van der Waals surface area contributed by atoms with E-state index in [9.17, 15) is 19.2 Å². The van der Waals surface area contributed by atoms with Crippen LogP contribution in [0.25, 0.3) is 22.3 Å². The van der Waals surface area contributed by atoms with Crippen LogP contribution in [0.5, 0.6) is 0 Å². The van der Waals surface area contributed by atoms with Crippen molar-refractivity contribution in [2.75, 3.05) is 35.2 Å². The van der Waals surface area contributed by atoms with Crippen molar-refractivity contribution in [1.82, 2.24) is 48.5 Å². The van der Waals surface area contributed by atoms with Gasteiger partial charge in [0.1, 0.15) is 63.6 Å². The minimum absolute atomic E-state index is 0. The average Bonchev–Trinajstić information content (AvgIpc) is 1.63. The smallest absolute Gasteiger partial charge is 0.445 e. The normalized spacial score (nSPS) is 16.0. The fourth-order valence-corrected chi connectivity index (χ4v) is 11.3. The molecule has 0 bridgehead atoms. The Bertz CT molecular complexity index is 4130. The van der Waals surface area contributed by atoms with E-state index in [2.05, 4.69) is 51.5 Å². The first-order valence-corrected chi connectivity index (χ1v) is 30.2. The van der Waals surface area contributed by atoms with E-state index in [4.69, 9.17) is 35.2 Å². The van der Waals surface area contributed by atoms with E-state index >= 15 is 0 Å². The van der Waals surface area contributed by atoms with Gasteiger partial charge in [0.05, 0.1) is 23.3 Å². The van der Waals surface area contributed by atoms with Gasteiger partial charge in [-0.3, -0.25) is 28.2 Å². The van der Waals surface area contributed by atoms with Crippen molar-refractivity contribution in [3.63, 3.8) is 0 Å². The standard InChI is InChI=1S/C30H27N7O3.C18H21BN2O3.C18H18BrN5O2.2CH4/c31-27-26-25(21-11-13-22(14-12-21)29(38)34-24-10-4-5-15-32-24)35-28(37(26)18-16-33-27)23-9-6-17-36(23)30(39)40-19-20-7-2-1-3-8-20;1-17(2)18(3,4)24-19(23-17)14-10-8-13(9-11-14)16(22)21-15-7-5-6-12-20-15;19-15-14-16(20)21-8-10-24(14)17(22-15)13-7-4-9-23(13)18(25)26-11-12-5-2-1-3-6-12;;/h1-5,7-8,10-16,18,23H,6,9,17,19H2,(H2,31,33)(H,32,34,38);5-12H,1-4H3,(H,20,21,22);1-3,5-6,8,10,13H,4,7,9,11H2,(H2,20,21);2*1H4/t23-;;13-;;/m0.0../s1. The summed E-state index contributed by atoms with van der Waals surface area (Å²) in [5.74, 6) is 2.70. The molecule has 6 N–H and O–H groups in total. The molecule has 24 heteroatoms. The van der Waals surface area contributed by atoms with Crippen LogP contribution in [-0.2, 0) is 32.0 Å². The number of hydrogen-bond donors (Lipinski definition) is 4. The van der Waals surface area contributed by atoms with E-state index in [1.165, 1.54) is 0 Å². The van der Waals surface area contributed by atoms with E-state index in [0.29, 0.717) is 74.6 Å². The van der Waals surface area contributed by atoms with E-state index < -0.39 is 7.12 Å². The van der Waals surface area contributed by atoms with Gasteiger partial charge in [-0.2, -0.15) is 0 Å². The number of nitrogens with one attached hydrogen (secondary N) is 2. The summed E-state index contributed by atoms with van der Waals surface area (Å²) >= 11 is 3.45. The molecule has 22 nitrogen and oxygen atoms in total. The third kappa shape index (κ3) is 14.9. The molecule has 0 radical (unpaired) electrons. The van der Waals surface area contributed by atoms with Crippen LogP contribution in [-0.4, -0.2) is 104 Å². The molecule has 13 rings (SSSR count). The van der Waals surface area contributed by atoms with Crippen LogP contribution < -0.4 is 27.6 Å². The number of halogens is 1. The maximum atomic E-state index is 13.1. The zero-order chi connectivity index (χ0) is 62.9. The van der Waals surface area contributed by atoms with Gasteiger partial charge < -0.3 is 40.9 Å². The van der Waals surface area contributed by atoms with Gasteiger partial charge in [0, 0.05) is 67.0 Å². The van der Waals surface area contributed by atoms with Gasteiger partial charge in [-0.05, 0) is 134 Å². The Hall–Kier alpha value is -10.0. The second-order valence-electron chi connectivity index (χ2n) is 22.6. The van der Waals surface area contributed by atoms with Crippen LogP contribution in [0.2, 0.25) is 0 Å². The zero-order valence-corrected chi connectivity index (χ0v) is 51.6. The quantitative estimate of drug-likeness (QED) is 0.0828. The monoisotopic (exact) mass is 1300 g/mol. The van der Waals surface area contributed by atoms with Crippen LogP contribution in [0.15, 0.2) is 187 Å². The number of imidazole rings is 2. The van der Waals surface area contributed by atoms with Gasteiger partial charge in [0.15, 0.2) is 5.82 Å².